The van der Waals surface area contributed by atoms with Gasteiger partial charge in [-0.05, 0) is 72.5 Å². The van der Waals surface area contributed by atoms with Crippen molar-refractivity contribution >= 4 is 22.7 Å². The molecule has 0 atom stereocenters. The maximum absolute atomic E-state index is 8.84. The minimum absolute atomic E-state index is 0.00766. The Balaban J connectivity index is 1.60. The van der Waals surface area contributed by atoms with Gasteiger partial charge in [0.1, 0.15) is 0 Å². The predicted octanol–water partition coefficient (Wildman–Crippen LogP) is 4.17. The number of thiophene rings is 1. The lowest BCUT2D eigenvalue weighted by molar-refractivity contribution is -0.0108. The lowest BCUT2D eigenvalue weighted by atomic mass is 9.89. The van der Waals surface area contributed by atoms with Crippen LogP contribution >= 0.6 is 11.3 Å². The molecule has 80 heavy (non-hydrogen) atoms. The maximum atomic E-state index is 8.84. The number of rotatable bonds is 61. The average Bonchev–Trinajstić information content (AvgIpc) is 4.02. The zero-order valence-corrected chi connectivity index (χ0v) is 48.2. The normalized spacial score (nSPS) is 11.7. The summed E-state index contributed by atoms with van der Waals surface area (Å²) in [6, 6.07) is 21.1. The topological polar surface area (TPSA) is 235 Å². The van der Waals surface area contributed by atoms with Crippen molar-refractivity contribution < 1.29 is 96.4 Å². The minimum atomic E-state index is -0.0334. The second-order valence-corrected chi connectivity index (χ2v) is 18.4. The lowest BCUT2D eigenvalue weighted by Crippen LogP contribution is -2.30. The molecule has 1 heterocycles. The van der Waals surface area contributed by atoms with Gasteiger partial charge in [0, 0.05) is 37.2 Å². The van der Waals surface area contributed by atoms with Gasteiger partial charge in [0.05, 0.1) is 223 Å². The first-order valence-electron chi connectivity index (χ1n) is 28.3. The van der Waals surface area contributed by atoms with Gasteiger partial charge in [-0.1, -0.05) is 30.3 Å². The quantitative estimate of drug-likeness (QED) is 0.0459. The first-order valence-corrected chi connectivity index (χ1v) is 29.2. The third-order valence-electron chi connectivity index (χ3n) is 11.3. The molecule has 2 aromatic carbocycles. The van der Waals surface area contributed by atoms with Crippen molar-refractivity contribution in [2.75, 3.05) is 248 Å². The third-order valence-corrected chi connectivity index (χ3v) is 12.2. The van der Waals surface area contributed by atoms with Crippen molar-refractivity contribution in [3.8, 4) is 0 Å². The first kappa shape index (κ1) is 71.2. The number of aliphatic hydroxyl groups excluding tert-OH is 4. The molecule has 23 heteroatoms. The highest BCUT2D eigenvalue weighted by Crippen LogP contribution is 2.36. The van der Waals surface area contributed by atoms with Gasteiger partial charge in [-0.2, -0.15) is 0 Å². The molecule has 22 nitrogen and oxygen atoms in total. The Bertz CT molecular complexity index is 1560. The fraction of sp³-hybridized carbons (Fsp3) is 0.719. The third kappa shape index (κ3) is 37.9. The van der Waals surface area contributed by atoms with Crippen LogP contribution in [0.4, 0.5) is 11.4 Å². The standard InChI is InChI=1S/C57H96N2O20S/c60-17-27-64-21-1-3-23-66-31-37-76-47-49-78-58(15-25-68-33-39-72-43-45-74-41-35-70-29-19-62)54-11-7-52(8-12-54)57(56-6-5-51-80-56)53-9-13-55(14-10-53)59(16-26-69-34-40-73-44-46-75-42-36-71-30-20-63)79-50-48-77-38-32-67-24-4-2-22-65-28-18-61/h5-14,51,57,60-63H,1-4,15-50H2. The van der Waals surface area contributed by atoms with E-state index in [2.05, 4.69) is 66.0 Å². The number of benzene rings is 2. The Morgan fingerprint density at radius 2 is 0.562 bits per heavy atom. The highest BCUT2D eigenvalue weighted by molar-refractivity contribution is 7.10. The number of hydrogen-bond donors (Lipinski definition) is 4. The van der Waals surface area contributed by atoms with Gasteiger partial charge in [-0.3, -0.25) is 19.8 Å². The minimum Gasteiger partial charge on any atom is -0.394 e. The SMILES string of the molecule is OCCOCCCCOCCOCCON(CCOCCOCCOCCOCCO)c1ccc(C(c2ccc(N(CCOCCOCCOCCOCCO)OCCOCCOCCCCOCCO)cc2)c2cccs2)cc1. The Kier molecular flexibility index (Phi) is 48.0. The maximum Gasteiger partial charge on any atom is 0.0982 e. The van der Waals surface area contributed by atoms with Gasteiger partial charge in [-0.25, -0.2) is 0 Å². The molecule has 3 rings (SSSR count). The van der Waals surface area contributed by atoms with Gasteiger partial charge < -0.3 is 86.7 Å². The lowest BCUT2D eigenvalue weighted by Gasteiger charge is -2.26. The van der Waals surface area contributed by atoms with E-state index in [1.54, 1.807) is 11.3 Å². The summed E-state index contributed by atoms with van der Waals surface area (Å²) < 4.78 is 78.2. The van der Waals surface area contributed by atoms with Crippen LogP contribution in [0.3, 0.4) is 0 Å². The molecule has 0 aliphatic heterocycles. The van der Waals surface area contributed by atoms with Crippen LogP contribution in [-0.4, -0.2) is 258 Å². The second-order valence-electron chi connectivity index (χ2n) is 17.4. The second kappa shape index (κ2) is 53.9. The molecule has 4 N–H and O–H groups in total. The van der Waals surface area contributed by atoms with Crippen LogP contribution in [0.15, 0.2) is 66.0 Å². The molecule has 0 fully saturated rings. The van der Waals surface area contributed by atoms with E-state index >= 15 is 0 Å². The first-order chi connectivity index (χ1) is 39.7. The van der Waals surface area contributed by atoms with Crippen molar-refractivity contribution in [2.24, 2.45) is 0 Å². The Morgan fingerprint density at radius 3 is 0.850 bits per heavy atom. The van der Waals surface area contributed by atoms with E-state index in [1.807, 2.05) is 10.1 Å². The summed E-state index contributed by atoms with van der Waals surface area (Å²) in [6.45, 7) is 14.1. The van der Waals surface area contributed by atoms with E-state index < -0.39 is 0 Å². The molecule has 0 aliphatic carbocycles. The van der Waals surface area contributed by atoms with Crippen molar-refractivity contribution in [3.63, 3.8) is 0 Å². The summed E-state index contributed by atoms with van der Waals surface area (Å²) >= 11 is 1.71. The number of nitrogens with zero attached hydrogens (tertiary/aromatic N) is 2. The summed E-state index contributed by atoms with van der Waals surface area (Å²) in [6.07, 6.45) is 3.51. The molecule has 0 bridgehead atoms. The van der Waals surface area contributed by atoms with Crippen LogP contribution < -0.4 is 10.1 Å². The number of unbranched alkanes of at least 4 members (excludes halogenated alkanes) is 2. The smallest absolute Gasteiger partial charge is 0.0982 e. The molecule has 460 valence electrons. The molecule has 0 amide bonds. The van der Waals surface area contributed by atoms with E-state index in [0.717, 1.165) is 48.2 Å². The fourth-order valence-corrected chi connectivity index (χ4v) is 8.21. The van der Waals surface area contributed by atoms with Crippen molar-refractivity contribution in [1.82, 2.24) is 0 Å². The zero-order valence-electron chi connectivity index (χ0n) is 47.3. The molecule has 0 radical (unpaired) electrons. The molecular weight excluding hydrogens is 1060 g/mol. The van der Waals surface area contributed by atoms with Crippen LogP contribution in [0.2, 0.25) is 0 Å². The number of anilines is 2. The molecule has 1 aromatic heterocycles. The van der Waals surface area contributed by atoms with Crippen LogP contribution in [0.5, 0.6) is 0 Å². The van der Waals surface area contributed by atoms with Gasteiger partial charge in [0.2, 0.25) is 0 Å². The highest BCUT2D eigenvalue weighted by atomic mass is 32.1. The van der Waals surface area contributed by atoms with Gasteiger partial charge in [0.25, 0.3) is 0 Å². The molecule has 0 saturated heterocycles. The van der Waals surface area contributed by atoms with Gasteiger partial charge in [0.15, 0.2) is 0 Å². The van der Waals surface area contributed by atoms with E-state index in [9.17, 15) is 0 Å². The van der Waals surface area contributed by atoms with Gasteiger partial charge >= 0.3 is 0 Å². The van der Waals surface area contributed by atoms with Crippen molar-refractivity contribution in [1.29, 1.82) is 0 Å². The van der Waals surface area contributed by atoms with Crippen molar-refractivity contribution in [2.45, 2.75) is 31.6 Å². The largest absolute Gasteiger partial charge is 0.394 e. The number of hydrogen-bond acceptors (Lipinski definition) is 23. The summed E-state index contributed by atoms with van der Waals surface area (Å²) in [7, 11) is 0. The molecular formula is C57H96N2O20S. The number of ether oxygens (including phenoxy) is 14. The summed E-state index contributed by atoms with van der Waals surface area (Å²) in [5, 5.41) is 41.1. The Hall–Kier alpha value is -3.06. The summed E-state index contributed by atoms with van der Waals surface area (Å²) in [5.41, 5.74) is 3.99. The highest BCUT2D eigenvalue weighted by Gasteiger charge is 2.20. The molecule has 0 saturated carbocycles. The molecule has 3 aromatic rings. The van der Waals surface area contributed by atoms with Gasteiger partial charge in [-0.15, -0.1) is 11.3 Å². The predicted molar refractivity (Wildman–Crippen MR) is 303 cm³/mol. The van der Waals surface area contributed by atoms with E-state index in [-0.39, 0.29) is 32.3 Å². The van der Waals surface area contributed by atoms with E-state index in [1.165, 1.54) is 4.88 Å². The Labute approximate surface area is 479 Å². The van der Waals surface area contributed by atoms with Crippen molar-refractivity contribution in [3.05, 3.63) is 82.0 Å². The summed E-state index contributed by atoms with van der Waals surface area (Å²) in [4.78, 5) is 13.8. The molecule has 0 unspecified atom stereocenters. The fourth-order valence-electron chi connectivity index (χ4n) is 7.33. The monoisotopic (exact) mass is 1160 g/mol. The van der Waals surface area contributed by atoms with Crippen LogP contribution in [0, 0.1) is 0 Å². The Morgan fingerprint density at radius 1 is 0.300 bits per heavy atom. The molecule has 0 spiro atoms. The van der Waals surface area contributed by atoms with E-state index in [0.29, 0.717) is 211 Å². The van der Waals surface area contributed by atoms with Crippen LogP contribution in [0.25, 0.3) is 0 Å². The van der Waals surface area contributed by atoms with Crippen LogP contribution in [-0.2, 0) is 76.0 Å². The average molecular weight is 1160 g/mol. The number of aliphatic hydroxyl groups is 4. The van der Waals surface area contributed by atoms with Crippen LogP contribution in [0.1, 0.15) is 47.6 Å². The van der Waals surface area contributed by atoms with E-state index in [4.69, 9.17) is 96.4 Å². The number of hydroxylamine groups is 2. The molecule has 0 aliphatic rings. The summed E-state index contributed by atoms with van der Waals surface area (Å²) in [5.74, 6) is -0.0334. The zero-order chi connectivity index (χ0) is 56.7.